The van der Waals surface area contributed by atoms with Gasteiger partial charge in [-0.25, -0.2) is 0 Å². The molecule has 0 fully saturated rings. The van der Waals surface area contributed by atoms with Crippen LogP contribution in [0.3, 0.4) is 0 Å². The summed E-state index contributed by atoms with van der Waals surface area (Å²) in [5.74, 6) is 1.04. The molecule has 0 bridgehead atoms. The third-order valence-corrected chi connectivity index (χ3v) is 5.41. The maximum absolute atomic E-state index is 6.13. The summed E-state index contributed by atoms with van der Waals surface area (Å²) in [6, 6.07) is 19.6. The van der Waals surface area contributed by atoms with Gasteiger partial charge in [-0.2, -0.15) is 0 Å². The predicted octanol–water partition coefficient (Wildman–Crippen LogP) is 5.51. The van der Waals surface area contributed by atoms with Crippen LogP contribution in [0.5, 0.6) is 5.75 Å². The van der Waals surface area contributed by atoms with Crippen molar-refractivity contribution in [2.24, 2.45) is 0 Å². The Bertz CT molecular complexity index is 881. The minimum absolute atomic E-state index is 0.0912. The average molecular weight is 392 g/mol. The van der Waals surface area contributed by atoms with Crippen LogP contribution in [0.1, 0.15) is 43.5 Å². The van der Waals surface area contributed by atoms with Gasteiger partial charge in [-0.15, -0.1) is 0 Å². The van der Waals surface area contributed by atoms with Gasteiger partial charge in [0.2, 0.25) is 0 Å². The van der Waals surface area contributed by atoms with E-state index in [0.29, 0.717) is 6.61 Å². The lowest BCUT2D eigenvalue weighted by Crippen LogP contribution is -2.22. The smallest absolute Gasteiger partial charge is 0.125 e. The Morgan fingerprint density at radius 1 is 0.897 bits per heavy atom. The number of aromatic amines is 1. The van der Waals surface area contributed by atoms with Gasteiger partial charge in [0.05, 0.1) is 12.5 Å². The Balaban J connectivity index is 2.10. The number of hydrogen-bond acceptors (Lipinski definition) is 3. The van der Waals surface area contributed by atoms with Gasteiger partial charge in [0.15, 0.2) is 0 Å². The molecule has 4 heteroatoms. The third-order valence-electron chi connectivity index (χ3n) is 5.41. The van der Waals surface area contributed by atoms with Crippen molar-refractivity contribution in [2.45, 2.75) is 26.7 Å². The molecule has 1 atom stereocenters. The van der Waals surface area contributed by atoms with E-state index in [9.17, 15) is 0 Å². The number of ether oxygens (including phenoxy) is 1. The second kappa shape index (κ2) is 9.55. The third kappa shape index (κ3) is 4.58. The Hall–Kier alpha value is -2.88. The van der Waals surface area contributed by atoms with E-state index >= 15 is 0 Å². The molecule has 0 radical (unpaired) electrons. The molecule has 3 aromatic rings. The molecule has 1 unspecified atom stereocenters. The summed E-state index contributed by atoms with van der Waals surface area (Å²) in [7, 11) is 4.13. The highest BCUT2D eigenvalue weighted by molar-refractivity contribution is 5.58. The molecular weight excluding hydrogens is 358 g/mol. The minimum atomic E-state index is 0.0912. The highest BCUT2D eigenvalue weighted by Crippen LogP contribution is 2.39. The fraction of sp³-hybridized carbons (Fsp3) is 0.360. The first-order chi connectivity index (χ1) is 14.1. The SMILES string of the molecule is CCOc1cc(N(CC)CC)ccc1C(c1ccc(N(C)C)cc1)c1ccc[nH]1. The number of H-pyrrole nitrogens is 1. The summed E-state index contributed by atoms with van der Waals surface area (Å²) < 4.78 is 6.13. The number of hydrogen-bond donors (Lipinski definition) is 1. The van der Waals surface area contributed by atoms with E-state index in [4.69, 9.17) is 4.74 Å². The molecule has 0 saturated carbocycles. The van der Waals surface area contributed by atoms with Crippen LogP contribution in [0.15, 0.2) is 60.8 Å². The molecule has 0 spiro atoms. The molecule has 2 aromatic carbocycles. The van der Waals surface area contributed by atoms with Gasteiger partial charge in [0, 0.05) is 62.1 Å². The summed E-state index contributed by atoms with van der Waals surface area (Å²) in [6.07, 6.45) is 1.99. The highest BCUT2D eigenvalue weighted by Gasteiger charge is 2.22. The largest absolute Gasteiger partial charge is 0.493 e. The van der Waals surface area contributed by atoms with Gasteiger partial charge in [-0.05, 0) is 56.7 Å². The summed E-state index contributed by atoms with van der Waals surface area (Å²) in [5, 5.41) is 0. The van der Waals surface area contributed by atoms with Crippen LogP contribution in [0.2, 0.25) is 0 Å². The first-order valence-electron chi connectivity index (χ1n) is 10.5. The van der Waals surface area contributed by atoms with Crippen molar-refractivity contribution in [3.05, 3.63) is 77.6 Å². The highest BCUT2D eigenvalue weighted by atomic mass is 16.5. The van der Waals surface area contributed by atoms with E-state index in [1.165, 1.54) is 28.2 Å². The van der Waals surface area contributed by atoms with Crippen molar-refractivity contribution >= 4 is 11.4 Å². The molecule has 0 aliphatic heterocycles. The first kappa shape index (κ1) is 20.8. The number of rotatable bonds is 9. The molecule has 1 N–H and O–H groups in total. The van der Waals surface area contributed by atoms with Gasteiger partial charge < -0.3 is 19.5 Å². The summed E-state index contributed by atoms with van der Waals surface area (Å²) in [5.41, 5.74) is 5.99. The summed E-state index contributed by atoms with van der Waals surface area (Å²) in [6.45, 7) is 9.02. The molecule has 1 heterocycles. The van der Waals surface area contributed by atoms with E-state index in [2.05, 4.69) is 97.3 Å². The summed E-state index contributed by atoms with van der Waals surface area (Å²) >= 11 is 0. The van der Waals surface area contributed by atoms with Crippen LogP contribution in [-0.4, -0.2) is 38.8 Å². The zero-order valence-corrected chi connectivity index (χ0v) is 18.3. The monoisotopic (exact) mass is 391 g/mol. The van der Waals surface area contributed by atoms with Crippen LogP contribution in [-0.2, 0) is 0 Å². The first-order valence-corrected chi connectivity index (χ1v) is 10.5. The van der Waals surface area contributed by atoms with Gasteiger partial charge in [0.25, 0.3) is 0 Å². The quantitative estimate of drug-likeness (QED) is 0.522. The van der Waals surface area contributed by atoms with E-state index in [1.807, 2.05) is 13.1 Å². The number of benzene rings is 2. The standard InChI is InChI=1S/C25H33N3O/c1-6-28(7-2)21-15-16-22(24(18-21)29-8-3)25(23-10-9-17-26-23)19-11-13-20(14-12-19)27(4)5/h9-18,25-26H,6-8H2,1-5H3. The predicted molar refractivity (Wildman–Crippen MR) is 124 cm³/mol. The Labute approximate surface area is 175 Å². The topological polar surface area (TPSA) is 31.5 Å². The van der Waals surface area contributed by atoms with Crippen molar-refractivity contribution < 1.29 is 4.74 Å². The van der Waals surface area contributed by atoms with Gasteiger partial charge >= 0.3 is 0 Å². The lowest BCUT2D eigenvalue weighted by Gasteiger charge is -2.25. The number of nitrogens with zero attached hydrogens (tertiary/aromatic N) is 2. The Morgan fingerprint density at radius 3 is 2.14 bits per heavy atom. The number of anilines is 2. The van der Waals surface area contributed by atoms with Crippen molar-refractivity contribution in [3.63, 3.8) is 0 Å². The van der Waals surface area contributed by atoms with Crippen LogP contribution in [0.25, 0.3) is 0 Å². The fourth-order valence-corrected chi connectivity index (χ4v) is 3.84. The molecule has 4 nitrogen and oxygen atoms in total. The van der Waals surface area contributed by atoms with Crippen LogP contribution < -0.4 is 14.5 Å². The molecule has 0 amide bonds. The molecule has 1 aromatic heterocycles. The molecule has 3 rings (SSSR count). The maximum atomic E-state index is 6.13. The maximum Gasteiger partial charge on any atom is 0.125 e. The number of aromatic nitrogens is 1. The van der Waals surface area contributed by atoms with E-state index in [0.717, 1.165) is 18.8 Å². The van der Waals surface area contributed by atoms with Crippen molar-refractivity contribution in [1.82, 2.24) is 4.98 Å². The van der Waals surface area contributed by atoms with Crippen LogP contribution >= 0.6 is 0 Å². The fourth-order valence-electron chi connectivity index (χ4n) is 3.84. The Morgan fingerprint density at radius 2 is 1.59 bits per heavy atom. The number of nitrogens with one attached hydrogen (secondary N) is 1. The second-order valence-corrected chi connectivity index (χ2v) is 7.37. The zero-order valence-electron chi connectivity index (χ0n) is 18.3. The normalized spacial score (nSPS) is 11.9. The lowest BCUT2D eigenvalue weighted by atomic mass is 9.87. The Kier molecular flexibility index (Phi) is 6.86. The zero-order chi connectivity index (χ0) is 20.8. The van der Waals surface area contributed by atoms with Gasteiger partial charge in [0.1, 0.15) is 5.75 Å². The summed E-state index contributed by atoms with van der Waals surface area (Å²) in [4.78, 5) is 7.90. The van der Waals surface area contributed by atoms with Crippen LogP contribution in [0, 0.1) is 0 Å². The van der Waals surface area contributed by atoms with E-state index < -0.39 is 0 Å². The van der Waals surface area contributed by atoms with Gasteiger partial charge in [-0.1, -0.05) is 18.2 Å². The van der Waals surface area contributed by atoms with Crippen molar-refractivity contribution in [3.8, 4) is 5.75 Å². The lowest BCUT2D eigenvalue weighted by molar-refractivity contribution is 0.336. The van der Waals surface area contributed by atoms with Gasteiger partial charge in [-0.3, -0.25) is 0 Å². The molecule has 0 aliphatic rings. The average Bonchev–Trinajstić information content (AvgIpc) is 3.25. The van der Waals surface area contributed by atoms with E-state index in [1.54, 1.807) is 0 Å². The molecular formula is C25H33N3O. The van der Waals surface area contributed by atoms with Crippen molar-refractivity contribution in [1.29, 1.82) is 0 Å². The molecule has 0 saturated heterocycles. The van der Waals surface area contributed by atoms with E-state index in [-0.39, 0.29) is 5.92 Å². The minimum Gasteiger partial charge on any atom is -0.493 e. The van der Waals surface area contributed by atoms with Crippen molar-refractivity contribution in [2.75, 3.05) is 43.6 Å². The molecule has 0 aliphatic carbocycles. The second-order valence-electron chi connectivity index (χ2n) is 7.37. The molecule has 29 heavy (non-hydrogen) atoms. The molecule has 154 valence electrons. The van der Waals surface area contributed by atoms with Crippen LogP contribution in [0.4, 0.5) is 11.4 Å².